The molecule has 2 rings (SSSR count). The van der Waals surface area contributed by atoms with Crippen molar-refractivity contribution < 1.29 is 24.2 Å². The fourth-order valence-electron chi connectivity index (χ4n) is 2.39. The summed E-state index contributed by atoms with van der Waals surface area (Å²) in [7, 11) is 2.92. The molecule has 2 aromatic rings. The number of carboxylic acids is 1. The minimum atomic E-state index is -1.95. The van der Waals surface area contributed by atoms with Crippen LogP contribution >= 0.6 is 47.0 Å². The summed E-state index contributed by atoms with van der Waals surface area (Å²) in [5.41, 5.74) is 0.851. The van der Waals surface area contributed by atoms with E-state index in [1.165, 1.54) is 50.6 Å². The number of carboxylic acid groups (broad SMARTS) is 1. The van der Waals surface area contributed by atoms with E-state index >= 15 is 0 Å². The molecule has 4 N–H and O–H groups in total. The lowest BCUT2D eigenvalue weighted by molar-refractivity contribution is 0.0696. The van der Waals surface area contributed by atoms with Gasteiger partial charge in [0.25, 0.3) is 5.91 Å². The van der Waals surface area contributed by atoms with Crippen molar-refractivity contribution in [2.24, 2.45) is 0 Å². The number of carbonyl (C=O) groups excluding carboxylic acids is 1. The number of anilines is 1. The normalized spacial score (nSPS) is 11.8. The van der Waals surface area contributed by atoms with Crippen molar-refractivity contribution in [1.82, 2.24) is 10.6 Å². The predicted molar refractivity (Wildman–Crippen MR) is 124 cm³/mol. The van der Waals surface area contributed by atoms with E-state index in [0.717, 1.165) is 0 Å². The van der Waals surface area contributed by atoms with Crippen LogP contribution in [0.25, 0.3) is 0 Å². The largest absolute Gasteiger partial charge is 0.493 e. The van der Waals surface area contributed by atoms with Crippen molar-refractivity contribution in [3.05, 3.63) is 53.6 Å². The van der Waals surface area contributed by atoms with Gasteiger partial charge in [-0.2, -0.15) is 0 Å². The number of amides is 1. The molecular formula is C19H18Cl3N3O5S. The molecule has 1 atom stereocenters. The van der Waals surface area contributed by atoms with Gasteiger partial charge in [0.15, 0.2) is 16.6 Å². The van der Waals surface area contributed by atoms with E-state index in [2.05, 4.69) is 16.0 Å². The van der Waals surface area contributed by atoms with E-state index in [1.54, 1.807) is 6.07 Å². The van der Waals surface area contributed by atoms with Crippen LogP contribution in [-0.2, 0) is 0 Å². The van der Waals surface area contributed by atoms with Crippen molar-refractivity contribution in [3.8, 4) is 11.5 Å². The lowest BCUT2D eigenvalue weighted by atomic mass is 10.2. The Morgan fingerprint density at radius 3 is 2.06 bits per heavy atom. The minimum Gasteiger partial charge on any atom is -0.493 e. The predicted octanol–water partition coefficient (Wildman–Crippen LogP) is 3.81. The number of ether oxygens (including phenoxy) is 2. The first-order chi connectivity index (χ1) is 14.5. The van der Waals surface area contributed by atoms with Crippen LogP contribution < -0.4 is 25.4 Å². The number of halogens is 3. The first-order valence-corrected chi connectivity index (χ1v) is 10.1. The standard InChI is InChI=1S/C19H18Cl3N3O5S/c1-29-13-8-5-11(9-14(13)30-2)15(26)24-17(19(20,21)22)25-18(31)23-12-6-3-10(4-7-12)16(27)28/h3-9,17H,1-2H3,(H,24,26)(H,27,28)(H2,23,25,31)/t17-/m0/s1. The second kappa shape index (κ2) is 10.7. The SMILES string of the molecule is COc1ccc(C(=O)N[C@@H](NC(=S)Nc2ccc(C(=O)O)cc2)C(Cl)(Cl)Cl)cc1OC. The van der Waals surface area contributed by atoms with E-state index in [9.17, 15) is 9.59 Å². The number of hydrogen-bond acceptors (Lipinski definition) is 5. The number of benzene rings is 2. The Hall–Kier alpha value is -2.46. The molecule has 0 radical (unpaired) electrons. The average Bonchev–Trinajstić information content (AvgIpc) is 2.72. The average molecular weight is 507 g/mol. The molecule has 0 saturated heterocycles. The van der Waals surface area contributed by atoms with E-state index < -0.39 is 21.8 Å². The lowest BCUT2D eigenvalue weighted by Gasteiger charge is -2.28. The molecule has 166 valence electrons. The van der Waals surface area contributed by atoms with Crippen molar-refractivity contribution in [2.75, 3.05) is 19.5 Å². The zero-order chi connectivity index (χ0) is 23.2. The molecule has 12 heteroatoms. The van der Waals surface area contributed by atoms with Gasteiger partial charge in [-0.1, -0.05) is 34.8 Å². The molecular weight excluding hydrogens is 489 g/mol. The lowest BCUT2D eigenvalue weighted by Crippen LogP contribution is -2.56. The summed E-state index contributed by atoms with van der Waals surface area (Å²) in [5, 5.41) is 17.1. The van der Waals surface area contributed by atoms with Gasteiger partial charge >= 0.3 is 5.97 Å². The van der Waals surface area contributed by atoms with E-state index in [1.807, 2.05) is 0 Å². The fraction of sp³-hybridized carbons (Fsp3) is 0.211. The van der Waals surface area contributed by atoms with Crippen LogP contribution in [0.2, 0.25) is 0 Å². The van der Waals surface area contributed by atoms with E-state index in [-0.39, 0.29) is 16.2 Å². The van der Waals surface area contributed by atoms with Crippen LogP contribution in [0.4, 0.5) is 5.69 Å². The summed E-state index contributed by atoms with van der Waals surface area (Å²) < 4.78 is 8.38. The summed E-state index contributed by atoms with van der Waals surface area (Å²) in [6, 6.07) is 10.4. The summed E-state index contributed by atoms with van der Waals surface area (Å²) in [6.07, 6.45) is -1.20. The topological polar surface area (TPSA) is 109 Å². The Kier molecular flexibility index (Phi) is 8.58. The Balaban J connectivity index is 2.10. The Morgan fingerprint density at radius 1 is 0.968 bits per heavy atom. The highest BCUT2D eigenvalue weighted by Crippen LogP contribution is 2.30. The fourth-order valence-corrected chi connectivity index (χ4v) is 2.95. The molecule has 0 aliphatic rings. The maximum atomic E-state index is 12.7. The number of carbonyl (C=O) groups is 2. The number of alkyl halides is 3. The van der Waals surface area contributed by atoms with E-state index in [0.29, 0.717) is 17.2 Å². The number of rotatable bonds is 7. The van der Waals surface area contributed by atoms with Crippen LogP contribution in [0, 0.1) is 0 Å². The summed E-state index contributed by atoms with van der Waals surface area (Å²) in [6.45, 7) is 0. The number of nitrogens with one attached hydrogen (secondary N) is 3. The molecule has 2 aromatic carbocycles. The zero-order valence-corrected chi connectivity index (χ0v) is 19.3. The second-order valence-electron chi connectivity index (χ2n) is 6.00. The van der Waals surface area contributed by atoms with Gasteiger partial charge in [-0.05, 0) is 54.7 Å². The third-order valence-electron chi connectivity index (χ3n) is 3.91. The molecule has 1 amide bonds. The third kappa shape index (κ3) is 7.03. The van der Waals surface area contributed by atoms with Gasteiger partial charge in [-0.25, -0.2) is 4.79 Å². The molecule has 8 nitrogen and oxygen atoms in total. The smallest absolute Gasteiger partial charge is 0.335 e. The molecule has 0 aliphatic carbocycles. The molecule has 0 aromatic heterocycles. The molecule has 0 saturated carbocycles. The van der Waals surface area contributed by atoms with Crippen LogP contribution in [0.3, 0.4) is 0 Å². The van der Waals surface area contributed by atoms with Crippen molar-refractivity contribution >= 4 is 69.7 Å². The highest BCUT2D eigenvalue weighted by atomic mass is 35.6. The number of aromatic carboxylic acids is 1. The molecule has 31 heavy (non-hydrogen) atoms. The highest BCUT2D eigenvalue weighted by molar-refractivity contribution is 7.80. The molecule has 0 aliphatic heterocycles. The van der Waals surface area contributed by atoms with Crippen LogP contribution in [-0.4, -0.2) is 46.3 Å². The maximum absolute atomic E-state index is 12.7. The van der Waals surface area contributed by atoms with Crippen molar-refractivity contribution in [3.63, 3.8) is 0 Å². The van der Waals surface area contributed by atoms with Crippen LogP contribution in [0.15, 0.2) is 42.5 Å². The summed E-state index contributed by atoms with van der Waals surface area (Å²) in [5.74, 6) is -0.801. The van der Waals surface area contributed by atoms with Crippen LogP contribution in [0.5, 0.6) is 11.5 Å². The summed E-state index contributed by atoms with van der Waals surface area (Å²) >= 11 is 23.2. The highest BCUT2D eigenvalue weighted by Gasteiger charge is 2.35. The molecule has 0 spiro atoms. The minimum absolute atomic E-state index is 0.0343. The van der Waals surface area contributed by atoms with Gasteiger partial charge in [-0.15, -0.1) is 0 Å². The quantitative estimate of drug-likeness (QED) is 0.255. The zero-order valence-electron chi connectivity index (χ0n) is 16.2. The molecule has 0 heterocycles. The Bertz CT molecular complexity index is 967. The van der Waals surface area contributed by atoms with Crippen molar-refractivity contribution in [2.45, 2.75) is 9.96 Å². The maximum Gasteiger partial charge on any atom is 0.335 e. The van der Waals surface area contributed by atoms with Gasteiger partial charge in [0, 0.05) is 11.3 Å². The van der Waals surface area contributed by atoms with E-state index in [4.69, 9.17) is 61.6 Å². The van der Waals surface area contributed by atoms with Gasteiger partial charge in [0.1, 0.15) is 6.17 Å². The number of thiocarbonyl (C=S) groups is 1. The monoisotopic (exact) mass is 505 g/mol. The van der Waals surface area contributed by atoms with Gasteiger partial charge < -0.3 is 30.5 Å². The second-order valence-corrected chi connectivity index (χ2v) is 8.78. The third-order valence-corrected chi connectivity index (χ3v) is 4.79. The Morgan fingerprint density at radius 2 is 1.55 bits per heavy atom. The summed E-state index contributed by atoms with van der Waals surface area (Å²) in [4.78, 5) is 23.6. The van der Waals surface area contributed by atoms with Crippen molar-refractivity contribution in [1.29, 1.82) is 0 Å². The van der Waals surface area contributed by atoms with Crippen LogP contribution in [0.1, 0.15) is 20.7 Å². The molecule has 0 fully saturated rings. The first-order valence-electron chi connectivity index (χ1n) is 8.55. The van der Waals surface area contributed by atoms with Gasteiger partial charge in [0.2, 0.25) is 3.79 Å². The Labute approximate surface area is 198 Å². The first kappa shape index (κ1) is 24.8. The molecule has 0 bridgehead atoms. The number of hydrogen-bond donors (Lipinski definition) is 4. The van der Waals surface area contributed by atoms with Gasteiger partial charge in [0.05, 0.1) is 19.8 Å². The van der Waals surface area contributed by atoms with Gasteiger partial charge in [-0.3, -0.25) is 4.79 Å². The molecule has 0 unspecified atom stereocenters. The number of methoxy groups -OCH3 is 2.